The Hall–Kier alpha value is -1.52. The van der Waals surface area contributed by atoms with Crippen molar-refractivity contribution >= 4 is 11.9 Å². The molecule has 1 heterocycles. The van der Waals surface area contributed by atoms with Gasteiger partial charge in [0.05, 0.1) is 6.20 Å². The molecule has 0 bridgehead atoms. The molecule has 0 aromatic carbocycles. The third-order valence-corrected chi connectivity index (χ3v) is 2.90. The van der Waals surface area contributed by atoms with Gasteiger partial charge in [0.25, 0.3) is 0 Å². The van der Waals surface area contributed by atoms with E-state index in [1.807, 2.05) is 0 Å². The van der Waals surface area contributed by atoms with E-state index in [1.165, 1.54) is 19.0 Å². The topological polar surface area (TPSA) is 67.2 Å². The Morgan fingerprint density at radius 1 is 1.60 bits per heavy atom. The molecule has 0 aliphatic heterocycles. The lowest BCUT2D eigenvalue weighted by Gasteiger charge is -2.12. The zero-order valence-electron chi connectivity index (χ0n) is 8.73. The molecule has 82 valence electrons. The molecule has 1 aliphatic rings. The number of aromatic carboxylic acids is 1. The van der Waals surface area contributed by atoms with Crippen molar-refractivity contribution in [2.45, 2.75) is 31.7 Å². The first kappa shape index (κ1) is 10.0. The van der Waals surface area contributed by atoms with Crippen molar-refractivity contribution in [2.24, 2.45) is 7.05 Å². The van der Waals surface area contributed by atoms with Gasteiger partial charge in [-0.1, -0.05) is 12.8 Å². The average molecular weight is 209 g/mol. The highest BCUT2D eigenvalue weighted by Crippen LogP contribution is 2.21. The molecular formula is C10H15N3O2. The number of nitrogens with zero attached hydrogens (tertiary/aromatic N) is 2. The molecule has 1 fully saturated rings. The van der Waals surface area contributed by atoms with Crippen molar-refractivity contribution < 1.29 is 9.90 Å². The van der Waals surface area contributed by atoms with Gasteiger partial charge in [0.2, 0.25) is 5.95 Å². The maximum Gasteiger partial charge on any atom is 0.354 e. The van der Waals surface area contributed by atoms with Crippen LogP contribution in [0.2, 0.25) is 0 Å². The van der Waals surface area contributed by atoms with Gasteiger partial charge in [-0.15, -0.1) is 0 Å². The van der Waals surface area contributed by atoms with Crippen LogP contribution in [0.3, 0.4) is 0 Å². The Labute approximate surface area is 88.1 Å². The Morgan fingerprint density at radius 2 is 2.27 bits per heavy atom. The van der Waals surface area contributed by atoms with Crippen LogP contribution in [0.5, 0.6) is 0 Å². The number of carboxylic acid groups (broad SMARTS) is 1. The van der Waals surface area contributed by atoms with Gasteiger partial charge in [0, 0.05) is 13.1 Å². The number of rotatable bonds is 3. The summed E-state index contributed by atoms with van der Waals surface area (Å²) in [5.41, 5.74) is 0.218. The summed E-state index contributed by atoms with van der Waals surface area (Å²) in [6.07, 6.45) is 6.17. The normalized spacial score (nSPS) is 16.9. The molecule has 0 atom stereocenters. The van der Waals surface area contributed by atoms with Crippen LogP contribution < -0.4 is 5.32 Å². The maximum absolute atomic E-state index is 10.8. The summed E-state index contributed by atoms with van der Waals surface area (Å²) in [7, 11) is 1.72. The van der Waals surface area contributed by atoms with E-state index in [0.29, 0.717) is 12.0 Å². The van der Waals surface area contributed by atoms with Crippen LogP contribution in [-0.4, -0.2) is 26.7 Å². The molecule has 0 radical (unpaired) electrons. The van der Waals surface area contributed by atoms with E-state index in [1.54, 1.807) is 11.6 Å². The fourth-order valence-corrected chi connectivity index (χ4v) is 2.00. The van der Waals surface area contributed by atoms with E-state index in [-0.39, 0.29) is 5.69 Å². The van der Waals surface area contributed by atoms with E-state index in [4.69, 9.17) is 5.11 Å². The van der Waals surface area contributed by atoms with Crippen LogP contribution in [0.15, 0.2) is 6.20 Å². The van der Waals surface area contributed by atoms with Gasteiger partial charge in [-0.25, -0.2) is 9.78 Å². The number of carboxylic acids is 1. The molecule has 1 aliphatic carbocycles. The predicted octanol–water partition coefficient (Wildman–Crippen LogP) is 1.47. The molecule has 1 aromatic heterocycles. The Morgan fingerprint density at radius 3 is 2.80 bits per heavy atom. The summed E-state index contributed by atoms with van der Waals surface area (Å²) in [4.78, 5) is 14.9. The summed E-state index contributed by atoms with van der Waals surface area (Å²) in [6.45, 7) is 0. The first-order chi connectivity index (χ1) is 7.18. The monoisotopic (exact) mass is 209 g/mol. The molecule has 5 heteroatoms. The van der Waals surface area contributed by atoms with E-state index < -0.39 is 5.97 Å². The number of hydrogen-bond acceptors (Lipinski definition) is 3. The summed E-state index contributed by atoms with van der Waals surface area (Å²) < 4.78 is 1.58. The van der Waals surface area contributed by atoms with Gasteiger partial charge in [-0.3, -0.25) is 0 Å². The van der Waals surface area contributed by atoms with Crippen molar-refractivity contribution in [3.05, 3.63) is 11.9 Å². The van der Waals surface area contributed by atoms with E-state index in [9.17, 15) is 4.79 Å². The number of aromatic nitrogens is 2. The van der Waals surface area contributed by atoms with Gasteiger partial charge in [0.15, 0.2) is 0 Å². The number of carbonyl (C=O) groups is 1. The molecule has 15 heavy (non-hydrogen) atoms. The third-order valence-electron chi connectivity index (χ3n) is 2.90. The molecule has 1 aromatic rings. The van der Waals surface area contributed by atoms with Gasteiger partial charge in [-0.05, 0) is 12.8 Å². The summed E-state index contributed by atoms with van der Waals surface area (Å²) in [5, 5.41) is 12.1. The molecule has 1 saturated carbocycles. The Kier molecular flexibility index (Phi) is 2.62. The van der Waals surface area contributed by atoms with E-state index in [2.05, 4.69) is 10.3 Å². The first-order valence-corrected chi connectivity index (χ1v) is 5.20. The van der Waals surface area contributed by atoms with Crippen LogP contribution in [0.1, 0.15) is 36.2 Å². The Balaban J connectivity index is 2.11. The minimum atomic E-state index is -0.940. The quantitative estimate of drug-likeness (QED) is 0.791. The summed E-state index contributed by atoms with van der Waals surface area (Å²) in [6, 6.07) is 0.452. The van der Waals surface area contributed by atoms with Crippen molar-refractivity contribution in [1.29, 1.82) is 0 Å². The van der Waals surface area contributed by atoms with Crippen LogP contribution >= 0.6 is 0 Å². The van der Waals surface area contributed by atoms with E-state index in [0.717, 1.165) is 12.8 Å². The first-order valence-electron chi connectivity index (χ1n) is 5.20. The van der Waals surface area contributed by atoms with Gasteiger partial charge in [-0.2, -0.15) is 0 Å². The number of anilines is 1. The second-order valence-electron chi connectivity index (χ2n) is 3.96. The molecule has 5 nitrogen and oxygen atoms in total. The van der Waals surface area contributed by atoms with Crippen molar-refractivity contribution in [1.82, 2.24) is 9.55 Å². The van der Waals surface area contributed by atoms with Crippen LogP contribution in [-0.2, 0) is 7.05 Å². The molecule has 0 unspecified atom stereocenters. The van der Waals surface area contributed by atoms with Crippen molar-refractivity contribution in [3.8, 4) is 0 Å². The molecule has 2 rings (SSSR count). The van der Waals surface area contributed by atoms with E-state index >= 15 is 0 Å². The predicted molar refractivity (Wildman–Crippen MR) is 56.0 cm³/mol. The molecule has 0 amide bonds. The van der Waals surface area contributed by atoms with Crippen molar-refractivity contribution in [2.75, 3.05) is 5.32 Å². The zero-order chi connectivity index (χ0) is 10.8. The van der Waals surface area contributed by atoms with Crippen LogP contribution in [0, 0.1) is 0 Å². The summed E-state index contributed by atoms with van der Waals surface area (Å²) in [5.74, 6) is -0.288. The average Bonchev–Trinajstić information content (AvgIpc) is 2.78. The number of nitrogens with one attached hydrogen (secondary N) is 1. The van der Waals surface area contributed by atoms with Crippen LogP contribution in [0.25, 0.3) is 0 Å². The lowest BCUT2D eigenvalue weighted by atomic mass is 10.3. The van der Waals surface area contributed by atoms with Gasteiger partial charge >= 0.3 is 5.97 Å². The lowest BCUT2D eigenvalue weighted by molar-refractivity contribution is 0.0686. The fraction of sp³-hybridized carbons (Fsp3) is 0.600. The highest BCUT2D eigenvalue weighted by atomic mass is 16.4. The largest absolute Gasteiger partial charge is 0.477 e. The fourth-order valence-electron chi connectivity index (χ4n) is 2.00. The Bertz CT molecular complexity index is 367. The minimum Gasteiger partial charge on any atom is -0.477 e. The second kappa shape index (κ2) is 3.92. The summed E-state index contributed by atoms with van der Waals surface area (Å²) >= 11 is 0. The maximum atomic E-state index is 10.8. The standard InChI is InChI=1S/C10H15N3O2/c1-13-8(9(14)15)6-11-10(13)12-7-4-2-3-5-7/h6-7H,2-5H2,1H3,(H,11,12)(H,14,15). The van der Waals surface area contributed by atoms with Crippen molar-refractivity contribution in [3.63, 3.8) is 0 Å². The molecular weight excluding hydrogens is 194 g/mol. The van der Waals surface area contributed by atoms with Gasteiger partial charge in [0.1, 0.15) is 5.69 Å². The second-order valence-corrected chi connectivity index (χ2v) is 3.96. The third kappa shape index (κ3) is 1.95. The minimum absolute atomic E-state index is 0.218. The molecule has 0 saturated heterocycles. The molecule has 0 spiro atoms. The van der Waals surface area contributed by atoms with Crippen LogP contribution in [0.4, 0.5) is 5.95 Å². The zero-order valence-corrected chi connectivity index (χ0v) is 8.73. The highest BCUT2D eigenvalue weighted by Gasteiger charge is 2.18. The smallest absolute Gasteiger partial charge is 0.354 e. The SMILES string of the molecule is Cn1c(C(=O)O)cnc1NC1CCCC1. The lowest BCUT2D eigenvalue weighted by Crippen LogP contribution is -2.18. The number of imidazole rings is 1. The highest BCUT2D eigenvalue weighted by molar-refractivity contribution is 5.86. The van der Waals surface area contributed by atoms with Gasteiger partial charge < -0.3 is 15.0 Å². The number of hydrogen-bond donors (Lipinski definition) is 2. The molecule has 2 N–H and O–H groups in total.